The summed E-state index contributed by atoms with van der Waals surface area (Å²) in [6.45, 7) is 2.84. The third kappa shape index (κ3) is 4.00. The number of aromatic nitrogens is 2. The molecule has 0 radical (unpaired) electrons. The Hall–Kier alpha value is -1.34. The van der Waals surface area contributed by atoms with Gasteiger partial charge in [-0.05, 0) is 32.1 Å². The molecular weight excluding hydrogens is 342 g/mol. The number of amides is 1. The third-order valence-corrected chi connectivity index (χ3v) is 6.26. The molecule has 0 aromatic carbocycles. The monoisotopic (exact) mass is 365 g/mol. The van der Waals surface area contributed by atoms with Gasteiger partial charge >= 0.3 is 0 Å². The molecule has 5 nitrogen and oxygen atoms in total. The van der Waals surface area contributed by atoms with Crippen LogP contribution in [0.4, 0.5) is 0 Å². The van der Waals surface area contributed by atoms with Crippen LogP contribution < -0.4 is 10.9 Å². The predicted molar refractivity (Wildman–Crippen MR) is 100 cm³/mol. The Kier molecular flexibility index (Phi) is 5.94. The zero-order valence-electron chi connectivity index (χ0n) is 14.0. The number of aryl methyl sites for hydroxylation is 2. The summed E-state index contributed by atoms with van der Waals surface area (Å²) in [5.41, 5.74) is 1.95. The summed E-state index contributed by atoms with van der Waals surface area (Å²) in [5.74, 6) is 1.05. The Morgan fingerprint density at radius 3 is 3.08 bits per heavy atom. The largest absolute Gasteiger partial charge is 0.355 e. The number of thiazole rings is 1. The number of hydrogen-bond donors (Lipinski definition) is 1. The summed E-state index contributed by atoms with van der Waals surface area (Å²) in [5, 5.41) is 2.90. The molecule has 0 unspecified atom stereocenters. The molecule has 1 aliphatic rings. The fraction of sp³-hybridized carbons (Fsp3) is 0.588. The number of carbonyl (C=O) groups is 1. The fourth-order valence-corrected chi connectivity index (χ4v) is 4.90. The van der Waals surface area contributed by atoms with E-state index in [2.05, 4.69) is 17.2 Å². The minimum Gasteiger partial charge on any atom is -0.355 e. The van der Waals surface area contributed by atoms with Gasteiger partial charge in [0.1, 0.15) is 0 Å². The Labute approximate surface area is 149 Å². The van der Waals surface area contributed by atoms with E-state index < -0.39 is 0 Å². The lowest BCUT2D eigenvalue weighted by molar-refractivity contribution is -0.118. The number of nitrogens with zero attached hydrogens (tertiary/aromatic N) is 2. The molecule has 3 rings (SSSR count). The van der Waals surface area contributed by atoms with Gasteiger partial charge in [-0.1, -0.05) is 13.3 Å². The SMILES string of the molecule is CCCCNC(=O)CSCc1cc(=O)n2c3c(sc2n1)CCCC3. The molecule has 2 aromatic heterocycles. The van der Waals surface area contributed by atoms with E-state index in [0.717, 1.165) is 55.0 Å². The van der Waals surface area contributed by atoms with Crippen molar-refractivity contribution in [3.8, 4) is 0 Å². The van der Waals surface area contributed by atoms with E-state index in [0.29, 0.717) is 11.5 Å². The molecule has 1 N–H and O–H groups in total. The Morgan fingerprint density at radius 1 is 1.42 bits per heavy atom. The van der Waals surface area contributed by atoms with E-state index in [9.17, 15) is 9.59 Å². The molecule has 24 heavy (non-hydrogen) atoms. The Morgan fingerprint density at radius 2 is 2.25 bits per heavy atom. The lowest BCUT2D eigenvalue weighted by Crippen LogP contribution is -2.26. The van der Waals surface area contributed by atoms with Crippen molar-refractivity contribution >= 4 is 34.0 Å². The highest BCUT2D eigenvalue weighted by Gasteiger charge is 2.18. The van der Waals surface area contributed by atoms with Crippen molar-refractivity contribution in [3.63, 3.8) is 0 Å². The zero-order chi connectivity index (χ0) is 16.9. The van der Waals surface area contributed by atoms with Crippen molar-refractivity contribution in [2.24, 2.45) is 0 Å². The highest BCUT2D eigenvalue weighted by molar-refractivity contribution is 7.99. The van der Waals surface area contributed by atoms with Gasteiger partial charge in [-0.25, -0.2) is 4.98 Å². The molecule has 0 saturated carbocycles. The number of carbonyl (C=O) groups excluding carboxylic acids is 1. The molecule has 2 heterocycles. The van der Waals surface area contributed by atoms with Crippen molar-refractivity contribution in [2.75, 3.05) is 12.3 Å². The van der Waals surface area contributed by atoms with E-state index in [1.165, 1.54) is 23.1 Å². The molecule has 0 aliphatic heterocycles. The maximum atomic E-state index is 12.4. The van der Waals surface area contributed by atoms with Gasteiger partial charge in [0.05, 0.1) is 11.4 Å². The molecule has 2 aromatic rings. The van der Waals surface area contributed by atoms with E-state index >= 15 is 0 Å². The van der Waals surface area contributed by atoms with Crippen LogP contribution in [0, 0.1) is 0 Å². The molecule has 0 saturated heterocycles. The lowest BCUT2D eigenvalue weighted by atomic mass is 10.0. The second-order valence-electron chi connectivity index (χ2n) is 6.08. The normalized spacial score (nSPS) is 13.9. The second kappa shape index (κ2) is 8.16. The molecule has 0 spiro atoms. The number of unbranched alkanes of at least 4 members (excludes halogenated alkanes) is 1. The molecular formula is C17H23N3O2S2. The highest BCUT2D eigenvalue weighted by Crippen LogP contribution is 2.28. The number of fused-ring (bicyclic) bond motifs is 3. The summed E-state index contributed by atoms with van der Waals surface area (Å²) in [4.78, 5) is 30.9. The van der Waals surface area contributed by atoms with Crippen molar-refractivity contribution < 1.29 is 4.79 Å². The first kappa shape index (κ1) is 17.5. The number of nitrogens with one attached hydrogen (secondary N) is 1. The first-order valence-electron chi connectivity index (χ1n) is 8.56. The van der Waals surface area contributed by atoms with Gasteiger partial charge < -0.3 is 5.32 Å². The smallest absolute Gasteiger partial charge is 0.259 e. The van der Waals surface area contributed by atoms with Gasteiger partial charge in [-0.15, -0.1) is 23.1 Å². The molecule has 0 bridgehead atoms. The topological polar surface area (TPSA) is 63.5 Å². The predicted octanol–water partition coefficient (Wildman–Crippen LogP) is 2.78. The van der Waals surface area contributed by atoms with Crippen LogP contribution in [0.3, 0.4) is 0 Å². The zero-order valence-corrected chi connectivity index (χ0v) is 15.6. The van der Waals surface area contributed by atoms with Gasteiger partial charge in [-0.2, -0.15) is 0 Å². The van der Waals surface area contributed by atoms with Gasteiger partial charge in [-0.3, -0.25) is 14.0 Å². The average Bonchev–Trinajstić information content (AvgIpc) is 2.94. The summed E-state index contributed by atoms with van der Waals surface area (Å²) >= 11 is 3.15. The van der Waals surface area contributed by atoms with Gasteiger partial charge in [0, 0.05) is 28.9 Å². The van der Waals surface area contributed by atoms with Crippen LogP contribution in [0.25, 0.3) is 4.96 Å². The van der Waals surface area contributed by atoms with E-state index in [-0.39, 0.29) is 11.5 Å². The van der Waals surface area contributed by atoms with Crippen molar-refractivity contribution in [3.05, 3.63) is 32.7 Å². The summed E-state index contributed by atoms with van der Waals surface area (Å²) in [6, 6.07) is 1.62. The van der Waals surface area contributed by atoms with E-state index in [1.54, 1.807) is 21.8 Å². The van der Waals surface area contributed by atoms with Crippen LogP contribution >= 0.6 is 23.1 Å². The molecule has 1 aliphatic carbocycles. The first-order chi connectivity index (χ1) is 11.7. The molecule has 1 amide bonds. The van der Waals surface area contributed by atoms with Gasteiger partial charge in [0.15, 0.2) is 4.96 Å². The van der Waals surface area contributed by atoms with Gasteiger partial charge in [0.2, 0.25) is 5.91 Å². The van der Waals surface area contributed by atoms with Crippen LogP contribution in [-0.4, -0.2) is 27.6 Å². The maximum absolute atomic E-state index is 12.4. The van der Waals surface area contributed by atoms with Crippen LogP contribution in [0.2, 0.25) is 0 Å². The maximum Gasteiger partial charge on any atom is 0.259 e. The second-order valence-corrected chi connectivity index (χ2v) is 8.13. The van der Waals surface area contributed by atoms with Gasteiger partial charge in [0.25, 0.3) is 5.56 Å². The minimum atomic E-state index is 0.0161. The Bertz CT molecular complexity index is 782. The van der Waals surface area contributed by atoms with Crippen LogP contribution in [0.15, 0.2) is 10.9 Å². The number of hydrogen-bond acceptors (Lipinski definition) is 5. The summed E-state index contributed by atoms with van der Waals surface area (Å²) in [6.07, 6.45) is 6.47. The average molecular weight is 366 g/mol. The number of rotatable bonds is 7. The molecule has 7 heteroatoms. The highest BCUT2D eigenvalue weighted by atomic mass is 32.2. The van der Waals surface area contributed by atoms with Crippen LogP contribution in [0.1, 0.15) is 48.9 Å². The first-order valence-corrected chi connectivity index (χ1v) is 10.5. The Balaban J connectivity index is 1.64. The summed E-state index contributed by atoms with van der Waals surface area (Å²) in [7, 11) is 0. The quantitative estimate of drug-likeness (QED) is 0.767. The van der Waals surface area contributed by atoms with Crippen molar-refractivity contribution in [2.45, 2.75) is 51.2 Å². The lowest BCUT2D eigenvalue weighted by Gasteiger charge is -2.10. The molecule has 0 fully saturated rings. The van der Waals surface area contributed by atoms with Crippen LogP contribution in [-0.2, 0) is 23.4 Å². The van der Waals surface area contributed by atoms with E-state index in [4.69, 9.17) is 0 Å². The van der Waals surface area contributed by atoms with Crippen molar-refractivity contribution in [1.82, 2.24) is 14.7 Å². The van der Waals surface area contributed by atoms with Crippen LogP contribution in [0.5, 0.6) is 0 Å². The molecule has 130 valence electrons. The number of thioether (sulfide) groups is 1. The van der Waals surface area contributed by atoms with Crippen molar-refractivity contribution in [1.29, 1.82) is 0 Å². The molecule has 0 atom stereocenters. The summed E-state index contributed by atoms with van der Waals surface area (Å²) < 4.78 is 1.78. The fourth-order valence-electron chi connectivity index (χ4n) is 2.92. The van der Waals surface area contributed by atoms with E-state index in [1.807, 2.05) is 0 Å². The minimum absolute atomic E-state index is 0.0161. The standard InChI is InChI=1S/C17H23N3O2S2/c1-2-3-8-18-15(21)11-23-10-12-9-16(22)20-13-6-4-5-7-14(13)24-17(20)19-12/h9H,2-8,10-11H2,1H3,(H,18,21). The third-order valence-electron chi connectivity index (χ3n) is 4.15.